The summed E-state index contributed by atoms with van der Waals surface area (Å²) in [5.74, 6) is -1.09. The number of hydrogen-bond acceptors (Lipinski definition) is 2. The third kappa shape index (κ3) is 2.15. The average Bonchev–Trinajstić information content (AvgIpc) is 2.62. The molecule has 1 aromatic heterocycles. The zero-order valence-corrected chi connectivity index (χ0v) is 10.5. The highest BCUT2D eigenvalue weighted by molar-refractivity contribution is 5.84. The molecule has 3 rings (SSSR count). The first-order valence-electron chi connectivity index (χ1n) is 6.32. The van der Waals surface area contributed by atoms with Crippen LogP contribution in [0.15, 0.2) is 28.7 Å². The standard InChI is InChI=1S/C14H12F3NO2/c15-14(16,17)13(19)18-7-5-10-9-3-1-2-4-11(9)20-12(10)6-8-18/h1-4H,5-8H2. The Hall–Kier alpha value is -1.98. The molecule has 1 amide bonds. The summed E-state index contributed by atoms with van der Waals surface area (Å²) in [6.45, 7) is 0.0973. The van der Waals surface area contributed by atoms with Crippen molar-refractivity contribution in [1.29, 1.82) is 0 Å². The monoisotopic (exact) mass is 283 g/mol. The van der Waals surface area contributed by atoms with E-state index in [-0.39, 0.29) is 13.1 Å². The Balaban J connectivity index is 1.88. The van der Waals surface area contributed by atoms with Crippen LogP contribution in [0.3, 0.4) is 0 Å². The van der Waals surface area contributed by atoms with Crippen LogP contribution in [0, 0.1) is 0 Å². The summed E-state index contributed by atoms with van der Waals surface area (Å²) in [7, 11) is 0. The molecule has 0 spiro atoms. The lowest BCUT2D eigenvalue weighted by atomic mass is 10.1. The number of benzene rings is 1. The van der Waals surface area contributed by atoms with E-state index in [4.69, 9.17) is 4.42 Å². The smallest absolute Gasteiger partial charge is 0.461 e. The van der Waals surface area contributed by atoms with Crippen LogP contribution in [0.2, 0.25) is 0 Å². The van der Waals surface area contributed by atoms with Crippen molar-refractivity contribution in [3.8, 4) is 0 Å². The molecular formula is C14H12F3NO2. The zero-order valence-electron chi connectivity index (χ0n) is 10.5. The highest BCUT2D eigenvalue weighted by atomic mass is 19.4. The van der Waals surface area contributed by atoms with Gasteiger partial charge in [0.2, 0.25) is 0 Å². The lowest BCUT2D eigenvalue weighted by Gasteiger charge is -2.21. The van der Waals surface area contributed by atoms with Crippen LogP contribution in [-0.2, 0) is 17.6 Å². The second kappa shape index (κ2) is 4.54. The third-order valence-electron chi connectivity index (χ3n) is 3.55. The summed E-state index contributed by atoms with van der Waals surface area (Å²) in [5.41, 5.74) is 1.66. The normalized spacial score (nSPS) is 16.1. The van der Waals surface area contributed by atoms with Gasteiger partial charge in [0.05, 0.1) is 0 Å². The number of halogens is 3. The molecule has 0 atom stereocenters. The summed E-state index contributed by atoms with van der Waals surface area (Å²) in [4.78, 5) is 12.1. The van der Waals surface area contributed by atoms with Crippen LogP contribution in [0.5, 0.6) is 0 Å². The summed E-state index contributed by atoms with van der Waals surface area (Å²) in [5, 5.41) is 0.920. The molecule has 0 N–H and O–H groups in total. The van der Waals surface area contributed by atoms with Crippen molar-refractivity contribution in [2.45, 2.75) is 19.0 Å². The molecular weight excluding hydrogens is 271 g/mol. The molecule has 2 heterocycles. The number of nitrogens with zero attached hydrogens (tertiary/aromatic N) is 1. The average molecular weight is 283 g/mol. The maximum Gasteiger partial charge on any atom is 0.471 e. The Morgan fingerprint density at radius 1 is 1.15 bits per heavy atom. The molecule has 6 heteroatoms. The minimum atomic E-state index is -4.81. The predicted molar refractivity (Wildman–Crippen MR) is 66.3 cm³/mol. The number of hydrogen-bond donors (Lipinski definition) is 0. The van der Waals surface area contributed by atoms with Gasteiger partial charge in [0.1, 0.15) is 11.3 Å². The van der Waals surface area contributed by atoms with E-state index in [0.29, 0.717) is 18.6 Å². The molecule has 0 radical (unpaired) electrons. The fourth-order valence-electron chi connectivity index (χ4n) is 2.60. The highest BCUT2D eigenvalue weighted by Gasteiger charge is 2.42. The van der Waals surface area contributed by atoms with Crippen molar-refractivity contribution >= 4 is 16.9 Å². The Kier molecular flexibility index (Phi) is 2.96. The molecule has 0 unspecified atom stereocenters. The van der Waals surface area contributed by atoms with Gasteiger partial charge < -0.3 is 9.32 Å². The van der Waals surface area contributed by atoms with Crippen molar-refractivity contribution in [2.75, 3.05) is 13.1 Å². The lowest BCUT2D eigenvalue weighted by molar-refractivity contribution is -0.185. The molecule has 1 aromatic carbocycles. The molecule has 0 fully saturated rings. The van der Waals surface area contributed by atoms with Gasteiger partial charge in [0.25, 0.3) is 0 Å². The molecule has 106 valence electrons. The SMILES string of the molecule is O=C(N1CCc2oc3ccccc3c2CC1)C(F)(F)F. The Morgan fingerprint density at radius 3 is 2.60 bits per heavy atom. The van der Waals surface area contributed by atoms with Gasteiger partial charge in [-0.3, -0.25) is 4.79 Å². The van der Waals surface area contributed by atoms with E-state index in [2.05, 4.69) is 0 Å². The summed E-state index contributed by atoms with van der Waals surface area (Å²) in [6.07, 6.45) is -4.12. The number of fused-ring (bicyclic) bond motifs is 3. The van der Waals surface area contributed by atoms with E-state index in [1.165, 1.54) is 0 Å². The van der Waals surface area contributed by atoms with Gasteiger partial charge in [-0.25, -0.2) is 0 Å². The predicted octanol–water partition coefficient (Wildman–Crippen LogP) is 2.92. The van der Waals surface area contributed by atoms with Crippen LogP contribution in [0.4, 0.5) is 13.2 Å². The first-order chi connectivity index (χ1) is 9.47. The maximum atomic E-state index is 12.5. The van der Waals surface area contributed by atoms with Gasteiger partial charge in [-0.1, -0.05) is 18.2 Å². The fraction of sp³-hybridized carbons (Fsp3) is 0.357. The second-order valence-corrected chi connectivity index (χ2v) is 4.79. The molecule has 1 aliphatic rings. The van der Waals surface area contributed by atoms with Gasteiger partial charge in [-0.15, -0.1) is 0 Å². The summed E-state index contributed by atoms with van der Waals surface area (Å²) < 4.78 is 43.0. The number of amides is 1. The van der Waals surface area contributed by atoms with E-state index in [9.17, 15) is 18.0 Å². The van der Waals surface area contributed by atoms with Crippen LogP contribution in [0.25, 0.3) is 11.0 Å². The van der Waals surface area contributed by atoms with Crippen LogP contribution < -0.4 is 0 Å². The molecule has 0 aliphatic carbocycles. The molecule has 3 nitrogen and oxygen atoms in total. The Morgan fingerprint density at radius 2 is 1.85 bits per heavy atom. The molecule has 2 aromatic rings. The van der Waals surface area contributed by atoms with Crippen molar-refractivity contribution in [1.82, 2.24) is 4.90 Å². The van der Waals surface area contributed by atoms with Crippen LogP contribution in [0.1, 0.15) is 11.3 Å². The number of carbonyl (C=O) groups is 1. The highest BCUT2D eigenvalue weighted by Crippen LogP contribution is 2.29. The van der Waals surface area contributed by atoms with E-state index in [0.717, 1.165) is 21.4 Å². The number of para-hydroxylation sites is 1. The van der Waals surface area contributed by atoms with Crippen LogP contribution >= 0.6 is 0 Å². The van der Waals surface area contributed by atoms with Gasteiger partial charge in [0.15, 0.2) is 0 Å². The second-order valence-electron chi connectivity index (χ2n) is 4.79. The van der Waals surface area contributed by atoms with E-state index >= 15 is 0 Å². The third-order valence-corrected chi connectivity index (χ3v) is 3.55. The number of alkyl halides is 3. The first kappa shape index (κ1) is 13.0. The minimum absolute atomic E-state index is 0.0329. The van der Waals surface area contributed by atoms with E-state index in [1.54, 1.807) is 0 Å². The summed E-state index contributed by atoms with van der Waals surface area (Å²) >= 11 is 0. The fourth-order valence-corrected chi connectivity index (χ4v) is 2.60. The molecule has 20 heavy (non-hydrogen) atoms. The molecule has 0 saturated carbocycles. The Labute approximate surface area is 113 Å². The van der Waals surface area contributed by atoms with E-state index < -0.39 is 12.1 Å². The minimum Gasteiger partial charge on any atom is -0.461 e. The van der Waals surface area contributed by atoms with Gasteiger partial charge in [-0.05, 0) is 12.5 Å². The molecule has 1 aliphatic heterocycles. The zero-order chi connectivity index (χ0) is 14.3. The van der Waals surface area contributed by atoms with Gasteiger partial charge >= 0.3 is 12.1 Å². The largest absolute Gasteiger partial charge is 0.471 e. The number of furan rings is 1. The van der Waals surface area contributed by atoms with Crippen molar-refractivity contribution in [3.05, 3.63) is 35.6 Å². The number of rotatable bonds is 0. The summed E-state index contributed by atoms with van der Waals surface area (Å²) in [6, 6.07) is 7.44. The van der Waals surface area contributed by atoms with Gasteiger partial charge in [-0.2, -0.15) is 13.2 Å². The topological polar surface area (TPSA) is 33.5 Å². The van der Waals surface area contributed by atoms with E-state index in [1.807, 2.05) is 24.3 Å². The number of carbonyl (C=O) groups excluding carboxylic acids is 1. The Bertz CT molecular complexity index is 660. The lowest BCUT2D eigenvalue weighted by Crippen LogP contribution is -2.42. The van der Waals surface area contributed by atoms with Crippen molar-refractivity contribution in [3.63, 3.8) is 0 Å². The van der Waals surface area contributed by atoms with Crippen molar-refractivity contribution < 1.29 is 22.4 Å². The quantitative estimate of drug-likeness (QED) is 0.745. The molecule has 0 saturated heterocycles. The maximum absolute atomic E-state index is 12.5. The first-order valence-corrected chi connectivity index (χ1v) is 6.32. The molecule has 0 bridgehead atoms. The van der Waals surface area contributed by atoms with Gasteiger partial charge in [0, 0.05) is 30.5 Å². The van der Waals surface area contributed by atoms with Crippen molar-refractivity contribution in [2.24, 2.45) is 0 Å². The van der Waals surface area contributed by atoms with Crippen LogP contribution in [-0.4, -0.2) is 30.1 Å².